The molecule has 0 aromatic heterocycles. The topological polar surface area (TPSA) is 54.4 Å². The average Bonchev–Trinajstić information content (AvgIpc) is 2.03. The van der Waals surface area contributed by atoms with Crippen molar-refractivity contribution in [2.45, 2.75) is 10.8 Å². The third-order valence-corrected chi connectivity index (χ3v) is 2.56. The van der Waals surface area contributed by atoms with Crippen molar-refractivity contribution >= 4 is 10.1 Å². The Morgan fingerprint density at radius 2 is 1.77 bits per heavy atom. The van der Waals surface area contributed by atoms with Crippen LogP contribution in [0.2, 0.25) is 0 Å². The smallest absolute Gasteiger partial charge is 0.282 e. The molecule has 0 unspecified atom stereocenters. The van der Waals surface area contributed by atoms with Gasteiger partial charge in [0.2, 0.25) is 0 Å². The van der Waals surface area contributed by atoms with Crippen molar-refractivity contribution in [3.8, 4) is 0 Å². The van der Waals surface area contributed by atoms with Crippen molar-refractivity contribution in [2.75, 3.05) is 0 Å². The van der Waals surface area contributed by atoms with Crippen molar-refractivity contribution in [1.82, 2.24) is 0 Å². The van der Waals surface area contributed by atoms with Gasteiger partial charge in [-0.1, -0.05) is 18.2 Å². The van der Waals surface area contributed by atoms with Gasteiger partial charge in [0.1, 0.15) is 0 Å². The summed E-state index contributed by atoms with van der Waals surface area (Å²) in [6.07, 6.45) is 0. The lowest BCUT2D eigenvalue weighted by molar-refractivity contribution is 0.482. The maximum atomic E-state index is 10.9. The van der Waals surface area contributed by atoms with Crippen molar-refractivity contribution < 1.29 is 13.0 Å². The van der Waals surface area contributed by atoms with Crippen LogP contribution < -0.4 is 0 Å². The zero-order valence-corrected chi connectivity index (χ0v) is 7.79. The van der Waals surface area contributed by atoms with Gasteiger partial charge in [0.15, 0.2) is 0 Å². The summed E-state index contributed by atoms with van der Waals surface area (Å²) in [4.78, 5) is -0.120. The fourth-order valence-electron chi connectivity index (χ4n) is 1.05. The molecule has 0 aliphatic heterocycles. The fraction of sp³-hybridized carbons (Fsp3) is 0.111. The van der Waals surface area contributed by atoms with Gasteiger partial charge in [0.05, 0.1) is 4.90 Å². The molecule has 13 heavy (non-hydrogen) atoms. The van der Waals surface area contributed by atoms with Crippen molar-refractivity contribution in [1.29, 1.82) is 0 Å². The summed E-state index contributed by atoms with van der Waals surface area (Å²) in [5.41, 5.74) is 0.421. The molecule has 3 nitrogen and oxygen atoms in total. The summed E-state index contributed by atoms with van der Waals surface area (Å²) in [5.74, 6) is -0.418. The largest absolute Gasteiger partial charge is 0.294 e. The van der Waals surface area contributed by atoms with Crippen molar-refractivity contribution in [3.63, 3.8) is 0 Å². The van der Waals surface area contributed by atoms with E-state index in [4.69, 9.17) is 4.55 Å². The van der Waals surface area contributed by atoms with Gasteiger partial charge in [0, 0.05) is 0 Å². The van der Waals surface area contributed by atoms with E-state index in [1.165, 1.54) is 12.1 Å². The lowest BCUT2D eigenvalue weighted by atomic mass is 10.0. The van der Waals surface area contributed by atoms with E-state index in [0.717, 1.165) is 0 Å². The Morgan fingerprint density at radius 3 is 2.15 bits per heavy atom. The van der Waals surface area contributed by atoms with Gasteiger partial charge in [0.25, 0.3) is 10.1 Å². The van der Waals surface area contributed by atoms with Crippen LogP contribution in [0.1, 0.15) is 11.5 Å². The van der Waals surface area contributed by atoms with E-state index in [2.05, 4.69) is 13.8 Å². The molecule has 0 saturated carbocycles. The minimum atomic E-state index is -4.16. The van der Waals surface area contributed by atoms with Crippen LogP contribution in [0, 0.1) is 13.8 Å². The third-order valence-electron chi connectivity index (χ3n) is 1.64. The SMILES string of the molecule is [CH2]C([CH2])c1ccccc1S(=O)(=O)O. The third kappa shape index (κ3) is 2.29. The molecule has 0 fully saturated rings. The Kier molecular flexibility index (Phi) is 2.73. The maximum absolute atomic E-state index is 10.9. The van der Waals surface area contributed by atoms with Gasteiger partial charge in [-0.05, 0) is 31.4 Å². The Labute approximate surface area is 78.2 Å². The van der Waals surface area contributed by atoms with E-state index in [0.29, 0.717) is 5.56 Å². The highest BCUT2D eigenvalue weighted by atomic mass is 32.2. The normalized spacial score (nSPS) is 12.0. The van der Waals surface area contributed by atoms with Crippen molar-refractivity contribution in [3.05, 3.63) is 43.7 Å². The number of rotatable bonds is 2. The zero-order chi connectivity index (χ0) is 10.1. The monoisotopic (exact) mass is 198 g/mol. The molecule has 0 heterocycles. The van der Waals surface area contributed by atoms with E-state index >= 15 is 0 Å². The molecule has 70 valence electrons. The lowest BCUT2D eigenvalue weighted by Crippen LogP contribution is -2.04. The van der Waals surface area contributed by atoms with E-state index in [1.54, 1.807) is 12.1 Å². The summed E-state index contributed by atoms with van der Waals surface area (Å²) < 4.78 is 30.6. The molecule has 0 aliphatic rings. The van der Waals surface area contributed by atoms with E-state index in [9.17, 15) is 8.42 Å². The molecule has 0 aliphatic carbocycles. The maximum Gasteiger partial charge on any atom is 0.294 e. The molecule has 2 radical (unpaired) electrons. The Bertz CT molecular complexity index is 393. The van der Waals surface area contributed by atoms with Crippen LogP contribution in [0.3, 0.4) is 0 Å². The highest BCUT2D eigenvalue weighted by Gasteiger charge is 2.15. The second-order valence-electron chi connectivity index (χ2n) is 2.71. The molecular formula is C9H10O3S. The van der Waals surface area contributed by atoms with Crippen LogP contribution in [-0.2, 0) is 10.1 Å². The van der Waals surface area contributed by atoms with Crippen LogP contribution in [0.5, 0.6) is 0 Å². The molecule has 0 bridgehead atoms. The standard InChI is InChI=1S/C9H10O3S/c1-7(2)8-5-3-4-6-9(8)13(10,11)12/h3-7H,1-2H2,(H,10,11,12). The van der Waals surface area contributed by atoms with Crippen LogP contribution in [-0.4, -0.2) is 13.0 Å². The Morgan fingerprint density at radius 1 is 1.23 bits per heavy atom. The molecule has 1 N–H and O–H groups in total. The molecule has 0 spiro atoms. The number of benzene rings is 1. The van der Waals surface area contributed by atoms with Gasteiger partial charge in [-0.2, -0.15) is 8.42 Å². The Balaban J connectivity index is 3.37. The molecule has 1 rings (SSSR count). The number of hydrogen-bond donors (Lipinski definition) is 1. The highest BCUT2D eigenvalue weighted by molar-refractivity contribution is 7.85. The van der Waals surface area contributed by atoms with E-state index < -0.39 is 16.0 Å². The minimum Gasteiger partial charge on any atom is -0.282 e. The van der Waals surface area contributed by atoms with Crippen molar-refractivity contribution in [2.24, 2.45) is 0 Å². The lowest BCUT2D eigenvalue weighted by Gasteiger charge is -2.08. The molecule has 0 atom stereocenters. The van der Waals surface area contributed by atoms with Gasteiger partial charge in [-0.25, -0.2) is 0 Å². The molecule has 1 aromatic rings. The first-order valence-corrected chi connectivity index (χ1v) is 5.09. The van der Waals surface area contributed by atoms with Crippen LogP contribution in [0.4, 0.5) is 0 Å². The van der Waals surface area contributed by atoms with Gasteiger partial charge in [-0.15, -0.1) is 0 Å². The van der Waals surface area contributed by atoms with E-state index in [-0.39, 0.29) is 4.90 Å². The van der Waals surface area contributed by atoms with Crippen LogP contribution in [0.25, 0.3) is 0 Å². The molecule has 4 heteroatoms. The average molecular weight is 198 g/mol. The summed E-state index contributed by atoms with van der Waals surface area (Å²) in [7, 11) is -4.16. The number of hydrogen-bond acceptors (Lipinski definition) is 2. The summed E-state index contributed by atoms with van der Waals surface area (Å²) in [6.45, 7) is 7.19. The minimum absolute atomic E-state index is 0.120. The van der Waals surface area contributed by atoms with Gasteiger partial charge < -0.3 is 0 Å². The summed E-state index contributed by atoms with van der Waals surface area (Å²) in [6, 6.07) is 6.12. The first kappa shape index (κ1) is 10.2. The molecule has 1 aromatic carbocycles. The second kappa shape index (κ2) is 3.47. The zero-order valence-electron chi connectivity index (χ0n) is 6.97. The Hall–Kier alpha value is -0.870. The molecule has 0 saturated heterocycles. The predicted molar refractivity (Wildman–Crippen MR) is 49.7 cm³/mol. The quantitative estimate of drug-likeness (QED) is 0.735. The second-order valence-corrected chi connectivity index (χ2v) is 4.10. The van der Waals surface area contributed by atoms with E-state index in [1.807, 2.05) is 0 Å². The van der Waals surface area contributed by atoms with Gasteiger partial charge in [-0.3, -0.25) is 4.55 Å². The van der Waals surface area contributed by atoms with Crippen LogP contribution >= 0.6 is 0 Å². The predicted octanol–water partition coefficient (Wildman–Crippen LogP) is 1.69. The first-order valence-electron chi connectivity index (χ1n) is 3.65. The fourth-order valence-corrected chi connectivity index (χ4v) is 1.84. The van der Waals surface area contributed by atoms with Crippen LogP contribution in [0.15, 0.2) is 29.2 Å². The molecular weight excluding hydrogens is 188 g/mol. The molecule has 0 amide bonds. The van der Waals surface area contributed by atoms with Gasteiger partial charge >= 0.3 is 0 Å². The first-order chi connectivity index (χ1) is 5.93. The summed E-state index contributed by atoms with van der Waals surface area (Å²) in [5, 5.41) is 0. The summed E-state index contributed by atoms with van der Waals surface area (Å²) >= 11 is 0. The highest BCUT2D eigenvalue weighted by Crippen LogP contribution is 2.22.